The van der Waals surface area contributed by atoms with E-state index in [-0.39, 0.29) is 29.3 Å². The summed E-state index contributed by atoms with van der Waals surface area (Å²) in [5.41, 5.74) is 0.136. The number of halogens is 4. The lowest BCUT2D eigenvalue weighted by molar-refractivity contribution is 0.298. The zero-order chi connectivity index (χ0) is 20.0. The zero-order valence-corrected chi connectivity index (χ0v) is 20.0. The smallest absolute Gasteiger partial charge is 0.283 e. The van der Waals surface area contributed by atoms with Crippen molar-refractivity contribution in [2.75, 3.05) is 5.06 Å². The van der Waals surface area contributed by atoms with Crippen LogP contribution in [0.5, 0.6) is 0 Å². The lowest BCUT2D eigenvalue weighted by Crippen LogP contribution is -2.14. The second-order valence-electron chi connectivity index (χ2n) is 4.73. The number of nitrogens with zero attached hydrogens (tertiary/aromatic N) is 1. The molecule has 14 heteroatoms. The van der Waals surface area contributed by atoms with E-state index in [1.807, 2.05) is 0 Å². The molecule has 0 spiro atoms. The molecule has 0 aromatic heterocycles. The summed E-state index contributed by atoms with van der Waals surface area (Å²) in [4.78, 5) is -0.818. The fraction of sp³-hybridized carbons (Fsp3) is 0. The molecule has 2 aromatic rings. The molecule has 0 unspecified atom stereocenters. The minimum absolute atomic E-state index is 0.0680. The highest BCUT2D eigenvalue weighted by Gasteiger charge is 2.24. The lowest BCUT2D eigenvalue weighted by atomic mass is 10.2. The summed E-state index contributed by atoms with van der Waals surface area (Å²) in [5, 5.41) is 11.2. The van der Waals surface area contributed by atoms with Crippen molar-refractivity contribution in [3.8, 4) is 0 Å². The standard InChI is InChI=1S/C12H7Br4NO7S2/c13-7-1-5(25(19,20)21)2-8(14)11(7)17(18)12-9(15)3-6(4-10(12)16)26(22,23)24/h1-4,18H,(H,19,20,21)(H,22,23,24). The Morgan fingerprint density at radius 2 is 0.885 bits per heavy atom. The first kappa shape index (κ1) is 22.2. The van der Waals surface area contributed by atoms with Crippen LogP contribution in [0.4, 0.5) is 11.4 Å². The molecule has 3 N–H and O–H groups in total. The minimum atomic E-state index is -4.47. The molecule has 0 saturated carbocycles. The Morgan fingerprint density at radius 1 is 0.654 bits per heavy atom. The Balaban J connectivity index is 2.66. The molecule has 0 saturated heterocycles. The van der Waals surface area contributed by atoms with Gasteiger partial charge in [0.25, 0.3) is 20.2 Å². The SMILES string of the molecule is O=S(=O)(O)c1cc(Br)c(N(O)c2c(Br)cc(S(=O)(=O)O)cc2Br)c(Br)c1. The molecule has 142 valence electrons. The van der Waals surface area contributed by atoms with E-state index >= 15 is 0 Å². The number of hydrogen-bond acceptors (Lipinski definition) is 6. The van der Waals surface area contributed by atoms with Crippen LogP contribution in [0.15, 0.2) is 51.9 Å². The Hall–Kier alpha value is -0.0600. The van der Waals surface area contributed by atoms with Crippen LogP contribution < -0.4 is 5.06 Å². The van der Waals surface area contributed by atoms with E-state index in [1.54, 1.807) is 0 Å². The summed E-state index contributed by atoms with van der Waals surface area (Å²) in [7, 11) is -8.93. The van der Waals surface area contributed by atoms with Crippen molar-refractivity contribution in [1.29, 1.82) is 0 Å². The molecule has 0 aliphatic heterocycles. The van der Waals surface area contributed by atoms with E-state index in [0.29, 0.717) is 5.06 Å². The molecule has 0 amide bonds. The minimum Gasteiger partial charge on any atom is -0.283 e. The van der Waals surface area contributed by atoms with Crippen molar-refractivity contribution in [1.82, 2.24) is 0 Å². The summed E-state index contributed by atoms with van der Waals surface area (Å²) >= 11 is 12.4. The molecule has 0 heterocycles. The molecule has 26 heavy (non-hydrogen) atoms. The van der Waals surface area contributed by atoms with Gasteiger partial charge in [0.15, 0.2) is 0 Å². The van der Waals surface area contributed by atoms with Crippen LogP contribution in [0.3, 0.4) is 0 Å². The predicted molar refractivity (Wildman–Crippen MR) is 107 cm³/mol. The molecule has 8 nitrogen and oxygen atoms in total. The molecule has 0 bridgehead atoms. The molecule has 0 radical (unpaired) electrons. The van der Waals surface area contributed by atoms with Gasteiger partial charge in [0.1, 0.15) is 0 Å². The van der Waals surface area contributed by atoms with Gasteiger partial charge in [0.05, 0.1) is 21.2 Å². The fourth-order valence-electron chi connectivity index (χ4n) is 1.90. The van der Waals surface area contributed by atoms with Gasteiger partial charge in [0, 0.05) is 17.9 Å². The maximum atomic E-state index is 11.3. The second-order valence-corrected chi connectivity index (χ2v) is 11.0. The van der Waals surface area contributed by atoms with Crippen LogP contribution in [0.25, 0.3) is 0 Å². The summed E-state index contributed by atoms with van der Waals surface area (Å²) in [6.07, 6.45) is 0. The molecule has 0 aliphatic carbocycles. The van der Waals surface area contributed by atoms with Gasteiger partial charge in [-0.15, -0.1) is 0 Å². The number of hydrogen-bond donors (Lipinski definition) is 3. The van der Waals surface area contributed by atoms with Crippen LogP contribution in [0.2, 0.25) is 0 Å². The van der Waals surface area contributed by atoms with Crippen molar-refractivity contribution in [2.24, 2.45) is 0 Å². The lowest BCUT2D eigenvalue weighted by Gasteiger charge is -2.23. The summed E-state index contributed by atoms with van der Waals surface area (Å²) in [6.45, 7) is 0. The number of rotatable bonds is 4. The first-order valence-electron chi connectivity index (χ1n) is 6.15. The Bertz CT molecular complexity index is 969. The van der Waals surface area contributed by atoms with E-state index in [1.165, 1.54) is 0 Å². The topological polar surface area (TPSA) is 132 Å². The monoisotopic (exact) mass is 657 g/mol. The van der Waals surface area contributed by atoms with Crippen molar-refractivity contribution in [3.63, 3.8) is 0 Å². The number of benzene rings is 2. The van der Waals surface area contributed by atoms with Crippen LogP contribution in [-0.2, 0) is 20.2 Å². The van der Waals surface area contributed by atoms with Crippen molar-refractivity contribution >= 4 is 95.3 Å². The normalized spacial score (nSPS) is 12.3. The quantitative estimate of drug-likeness (QED) is 0.316. The zero-order valence-electron chi connectivity index (χ0n) is 12.1. The first-order valence-corrected chi connectivity index (χ1v) is 12.2. The Morgan fingerprint density at radius 3 is 1.08 bits per heavy atom. The van der Waals surface area contributed by atoms with Gasteiger partial charge < -0.3 is 0 Å². The van der Waals surface area contributed by atoms with E-state index in [4.69, 9.17) is 9.11 Å². The van der Waals surface area contributed by atoms with E-state index in [0.717, 1.165) is 24.3 Å². The first-order chi connectivity index (χ1) is 11.7. The van der Waals surface area contributed by atoms with Gasteiger partial charge in [0.2, 0.25) is 0 Å². The summed E-state index contributed by atoms with van der Waals surface area (Å²) in [6, 6.07) is 4.31. The van der Waals surface area contributed by atoms with Gasteiger partial charge in [-0.1, -0.05) is 0 Å². The maximum absolute atomic E-state index is 11.3. The third-order valence-electron chi connectivity index (χ3n) is 3.00. The molecular formula is C12H7Br4NO7S2. The van der Waals surface area contributed by atoms with Crippen LogP contribution >= 0.6 is 63.7 Å². The van der Waals surface area contributed by atoms with Gasteiger partial charge in [-0.05, 0) is 88.0 Å². The Labute approximate surface area is 182 Å². The van der Waals surface area contributed by atoms with E-state index in [2.05, 4.69) is 63.7 Å². The fourth-order valence-corrected chi connectivity index (χ4v) is 6.62. The van der Waals surface area contributed by atoms with Gasteiger partial charge in [-0.2, -0.15) is 16.8 Å². The van der Waals surface area contributed by atoms with E-state index < -0.39 is 30.0 Å². The molecule has 0 aliphatic rings. The highest BCUT2D eigenvalue weighted by atomic mass is 79.9. The molecule has 0 atom stereocenters. The maximum Gasteiger partial charge on any atom is 0.294 e. The molecule has 2 rings (SSSR count). The largest absolute Gasteiger partial charge is 0.294 e. The molecular weight excluding hydrogens is 654 g/mol. The molecule has 0 fully saturated rings. The van der Waals surface area contributed by atoms with Gasteiger partial charge in [-0.3, -0.25) is 14.3 Å². The van der Waals surface area contributed by atoms with E-state index in [9.17, 15) is 22.0 Å². The second kappa shape index (κ2) is 7.75. The average molecular weight is 661 g/mol. The van der Waals surface area contributed by atoms with Crippen LogP contribution in [0.1, 0.15) is 0 Å². The van der Waals surface area contributed by atoms with Crippen molar-refractivity contribution in [3.05, 3.63) is 42.2 Å². The van der Waals surface area contributed by atoms with Crippen LogP contribution in [-0.4, -0.2) is 31.1 Å². The summed E-state index contributed by atoms with van der Waals surface area (Å²) < 4.78 is 63.8. The van der Waals surface area contributed by atoms with Gasteiger partial charge >= 0.3 is 0 Å². The predicted octanol–water partition coefficient (Wildman–Crippen LogP) is 4.76. The highest BCUT2D eigenvalue weighted by Crippen LogP contribution is 2.44. The van der Waals surface area contributed by atoms with Crippen LogP contribution in [0, 0.1) is 0 Å². The number of anilines is 2. The summed E-state index contributed by atoms with van der Waals surface area (Å²) in [5.74, 6) is 0. The van der Waals surface area contributed by atoms with Gasteiger partial charge in [-0.25, -0.2) is 5.06 Å². The molecule has 2 aromatic carbocycles. The third-order valence-corrected chi connectivity index (χ3v) is 7.08. The Kier molecular flexibility index (Phi) is 6.63. The average Bonchev–Trinajstić information content (AvgIpc) is 2.43. The third kappa shape index (κ3) is 4.67. The van der Waals surface area contributed by atoms with Crippen molar-refractivity contribution < 1.29 is 31.1 Å². The van der Waals surface area contributed by atoms with Crippen molar-refractivity contribution in [2.45, 2.75) is 9.79 Å². The highest BCUT2D eigenvalue weighted by molar-refractivity contribution is 9.11.